The Hall–Kier alpha value is -0.450. The van der Waals surface area contributed by atoms with E-state index in [2.05, 4.69) is 33.5 Å². The van der Waals surface area contributed by atoms with Crippen LogP contribution < -0.4 is 10.6 Å². The van der Waals surface area contributed by atoms with Gasteiger partial charge in [0, 0.05) is 4.47 Å². The number of hydrogen-bond acceptors (Lipinski definition) is 2. The molecular formula is C14H22BrFN2. The average molecular weight is 317 g/mol. The molecule has 0 spiro atoms. The van der Waals surface area contributed by atoms with E-state index in [1.807, 2.05) is 13.1 Å². The Balaban J connectivity index is 2.31. The maximum atomic E-state index is 13.5. The van der Waals surface area contributed by atoms with E-state index in [9.17, 15) is 4.39 Å². The van der Waals surface area contributed by atoms with Gasteiger partial charge >= 0.3 is 0 Å². The lowest BCUT2D eigenvalue weighted by atomic mass is 10.1. The summed E-state index contributed by atoms with van der Waals surface area (Å²) in [4.78, 5) is 0. The van der Waals surface area contributed by atoms with E-state index in [4.69, 9.17) is 0 Å². The molecule has 0 fully saturated rings. The topological polar surface area (TPSA) is 24.1 Å². The predicted molar refractivity (Wildman–Crippen MR) is 78.4 cm³/mol. The fourth-order valence-corrected chi connectivity index (χ4v) is 2.32. The molecule has 2 N–H and O–H groups in total. The van der Waals surface area contributed by atoms with Gasteiger partial charge in [-0.25, -0.2) is 4.39 Å². The molecule has 0 aliphatic carbocycles. The molecule has 1 aromatic carbocycles. The molecule has 102 valence electrons. The molecule has 1 aromatic rings. The van der Waals surface area contributed by atoms with Gasteiger partial charge in [-0.15, -0.1) is 0 Å². The SMILES string of the molecule is CCC(CNC)CNCCc1cc(Br)ccc1F. The van der Waals surface area contributed by atoms with Crippen molar-refractivity contribution in [3.63, 3.8) is 0 Å². The molecule has 0 heterocycles. The Morgan fingerprint density at radius 2 is 2.11 bits per heavy atom. The number of benzene rings is 1. The third-order valence-corrected chi connectivity index (χ3v) is 3.58. The quantitative estimate of drug-likeness (QED) is 0.720. The largest absolute Gasteiger partial charge is 0.319 e. The normalized spacial score (nSPS) is 12.7. The van der Waals surface area contributed by atoms with Crippen molar-refractivity contribution in [1.82, 2.24) is 10.6 Å². The van der Waals surface area contributed by atoms with Gasteiger partial charge in [0.1, 0.15) is 5.82 Å². The van der Waals surface area contributed by atoms with Crippen LogP contribution in [0, 0.1) is 11.7 Å². The maximum absolute atomic E-state index is 13.5. The van der Waals surface area contributed by atoms with Crippen molar-refractivity contribution in [1.29, 1.82) is 0 Å². The van der Waals surface area contributed by atoms with Gasteiger partial charge in [0.25, 0.3) is 0 Å². The minimum Gasteiger partial charge on any atom is -0.319 e. The van der Waals surface area contributed by atoms with E-state index >= 15 is 0 Å². The van der Waals surface area contributed by atoms with Crippen molar-refractivity contribution in [2.75, 3.05) is 26.7 Å². The summed E-state index contributed by atoms with van der Waals surface area (Å²) in [7, 11) is 1.97. The summed E-state index contributed by atoms with van der Waals surface area (Å²) >= 11 is 3.36. The van der Waals surface area contributed by atoms with Crippen LogP contribution in [0.4, 0.5) is 4.39 Å². The zero-order valence-electron chi connectivity index (χ0n) is 11.1. The van der Waals surface area contributed by atoms with Crippen LogP contribution in [0.15, 0.2) is 22.7 Å². The van der Waals surface area contributed by atoms with Crippen molar-refractivity contribution in [2.45, 2.75) is 19.8 Å². The summed E-state index contributed by atoms with van der Waals surface area (Å²) in [5.41, 5.74) is 0.763. The molecule has 0 saturated heterocycles. The maximum Gasteiger partial charge on any atom is 0.126 e. The number of rotatable bonds is 8. The molecule has 0 amide bonds. The first kappa shape index (κ1) is 15.6. The number of nitrogens with one attached hydrogen (secondary N) is 2. The van der Waals surface area contributed by atoms with Gasteiger partial charge in [0.05, 0.1) is 0 Å². The van der Waals surface area contributed by atoms with E-state index in [0.717, 1.165) is 42.5 Å². The highest BCUT2D eigenvalue weighted by Crippen LogP contribution is 2.15. The molecule has 18 heavy (non-hydrogen) atoms. The Morgan fingerprint density at radius 1 is 1.33 bits per heavy atom. The highest BCUT2D eigenvalue weighted by atomic mass is 79.9. The molecule has 0 aliphatic rings. The monoisotopic (exact) mass is 316 g/mol. The van der Waals surface area contributed by atoms with Gasteiger partial charge in [-0.05, 0) is 62.8 Å². The van der Waals surface area contributed by atoms with Crippen LogP contribution in [0.2, 0.25) is 0 Å². The lowest BCUT2D eigenvalue weighted by Gasteiger charge is -2.15. The number of hydrogen-bond donors (Lipinski definition) is 2. The first-order valence-electron chi connectivity index (χ1n) is 6.46. The van der Waals surface area contributed by atoms with Gasteiger partial charge in [0.15, 0.2) is 0 Å². The van der Waals surface area contributed by atoms with Crippen molar-refractivity contribution < 1.29 is 4.39 Å². The Kier molecular flexibility index (Phi) is 7.47. The molecule has 1 unspecified atom stereocenters. The lowest BCUT2D eigenvalue weighted by Crippen LogP contribution is -2.30. The molecule has 0 aliphatic heterocycles. The first-order valence-corrected chi connectivity index (χ1v) is 7.26. The Labute approximate surface area is 117 Å². The summed E-state index contributed by atoms with van der Waals surface area (Å²) in [6, 6.07) is 5.09. The molecular weight excluding hydrogens is 295 g/mol. The molecule has 2 nitrogen and oxygen atoms in total. The Morgan fingerprint density at radius 3 is 2.78 bits per heavy atom. The Bertz CT molecular complexity index is 358. The third-order valence-electron chi connectivity index (χ3n) is 3.08. The third kappa shape index (κ3) is 5.46. The summed E-state index contributed by atoms with van der Waals surface area (Å²) < 4.78 is 14.4. The molecule has 1 atom stereocenters. The second-order valence-corrected chi connectivity index (χ2v) is 5.44. The molecule has 0 radical (unpaired) electrons. The van der Waals surface area contributed by atoms with Crippen molar-refractivity contribution >= 4 is 15.9 Å². The van der Waals surface area contributed by atoms with Crippen LogP contribution in [-0.2, 0) is 6.42 Å². The number of halogens is 2. The summed E-state index contributed by atoms with van der Waals surface area (Å²) in [6.45, 7) is 5.01. The minimum atomic E-state index is -0.123. The van der Waals surface area contributed by atoms with E-state index < -0.39 is 0 Å². The second kappa shape index (κ2) is 8.62. The van der Waals surface area contributed by atoms with Gasteiger partial charge in [-0.1, -0.05) is 29.3 Å². The van der Waals surface area contributed by atoms with Crippen LogP contribution in [0.25, 0.3) is 0 Å². The zero-order chi connectivity index (χ0) is 13.4. The van der Waals surface area contributed by atoms with E-state index in [1.54, 1.807) is 6.07 Å². The van der Waals surface area contributed by atoms with Gasteiger partial charge in [0.2, 0.25) is 0 Å². The minimum absolute atomic E-state index is 0.123. The highest BCUT2D eigenvalue weighted by Gasteiger charge is 2.05. The van der Waals surface area contributed by atoms with Gasteiger partial charge in [-0.2, -0.15) is 0 Å². The van der Waals surface area contributed by atoms with E-state index in [-0.39, 0.29) is 5.82 Å². The van der Waals surface area contributed by atoms with Gasteiger partial charge in [-0.3, -0.25) is 0 Å². The average Bonchev–Trinajstić information content (AvgIpc) is 2.37. The fourth-order valence-electron chi connectivity index (χ4n) is 1.91. The van der Waals surface area contributed by atoms with Crippen molar-refractivity contribution in [3.05, 3.63) is 34.1 Å². The first-order chi connectivity index (χ1) is 8.67. The van der Waals surface area contributed by atoms with Crippen LogP contribution in [0.5, 0.6) is 0 Å². The predicted octanol–water partition coefficient (Wildman–Crippen LogP) is 2.97. The van der Waals surface area contributed by atoms with Crippen LogP contribution >= 0.6 is 15.9 Å². The fraction of sp³-hybridized carbons (Fsp3) is 0.571. The molecule has 0 bridgehead atoms. The second-order valence-electron chi connectivity index (χ2n) is 4.52. The van der Waals surface area contributed by atoms with Crippen molar-refractivity contribution in [2.24, 2.45) is 5.92 Å². The van der Waals surface area contributed by atoms with Crippen LogP contribution in [0.3, 0.4) is 0 Å². The molecule has 0 aromatic heterocycles. The van der Waals surface area contributed by atoms with Crippen LogP contribution in [0.1, 0.15) is 18.9 Å². The molecule has 0 saturated carbocycles. The highest BCUT2D eigenvalue weighted by molar-refractivity contribution is 9.10. The molecule has 1 rings (SSSR count). The summed E-state index contributed by atoms with van der Waals surface area (Å²) in [5, 5.41) is 6.58. The standard InChI is InChI=1S/C14H22BrFN2/c1-3-11(9-17-2)10-18-7-6-12-8-13(15)4-5-14(12)16/h4-5,8,11,17-18H,3,6-7,9-10H2,1-2H3. The van der Waals surface area contributed by atoms with Crippen LogP contribution in [-0.4, -0.2) is 26.7 Å². The van der Waals surface area contributed by atoms with Gasteiger partial charge < -0.3 is 10.6 Å². The molecule has 4 heteroatoms. The summed E-state index contributed by atoms with van der Waals surface area (Å²) in [6.07, 6.45) is 1.88. The van der Waals surface area contributed by atoms with Crippen molar-refractivity contribution in [3.8, 4) is 0 Å². The lowest BCUT2D eigenvalue weighted by molar-refractivity contribution is 0.446. The van der Waals surface area contributed by atoms with E-state index in [1.165, 1.54) is 6.07 Å². The summed E-state index contributed by atoms with van der Waals surface area (Å²) in [5.74, 6) is 0.518. The smallest absolute Gasteiger partial charge is 0.126 e. The van der Waals surface area contributed by atoms with E-state index in [0.29, 0.717) is 5.92 Å². The zero-order valence-corrected chi connectivity index (χ0v) is 12.7.